The van der Waals surface area contributed by atoms with Gasteiger partial charge in [-0.3, -0.25) is 4.79 Å². The van der Waals surface area contributed by atoms with Crippen molar-refractivity contribution in [3.63, 3.8) is 0 Å². The molecule has 2 unspecified atom stereocenters. The van der Waals surface area contributed by atoms with Crippen LogP contribution in [0.3, 0.4) is 0 Å². The summed E-state index contributed by atoms with van der Waals surface area (Å²) in [6, 6.07) is 4.50. The van der Waals surface area contributed by atoms with E-state index in [0.717, 1.165) is 0 Å². The van der Waals surface area contributed by atoms with E-state index in [1.807, 2.05) is 6.92 Å². The zero-order valence-electron chi connectivity index (χ0n) is 11.5. The highest BCUT2D eigenvalue weighted by atomic mass is 35.5. The number of aliphatic carboxylic acids is 1. The van der Waals surface area contributed by atoms with E-state index in [0.29, 0.717) is 17.0 Å². The second-order valence-corrected chi connectivity index (χ2v) is 5.67. The van der Waals surface area contributed by atoms with Crippen molar-refractivity contribution < 1.29 is 14.7 Å². The molecule has 0 heterocycles. The van der Waals surface area contributed by atoms with E-state index in [1.165, 1.54) is 19.1 Å². The first-order valence-corrected chi connectivity index (χ1v) is 6.99. The van der Waals surface area contributed by atoms with Gasteiger partial charge in [-0.15, -0.1) is 0 Å². The number of carboxylic acids is 1. The summed E-state index contributed by atoms with van der Waals surface area (Å²) in [7, 11) is 0. The molecule has 1 aromatic carbocycles. The smallest absolute Gasteiger partial charge is 0.333 e. The molecule has 6 heteroatoms. The van der Waals surface area contributed by atoms with Crippen LogP contribution in [0.1, 0.15) is 32.8 Å². The molecular weight excluding hydrogens is 301 g/mol. The number of carbonyl (C=O) groups excluding carboxylic acids is 1. The fourth-order valence-electron chi connectivity index (χ4n) is 1.61. The first-order valence-electron chi connectivity index (χ1n) is 6.23. The van der Waals surface area contributed by atoms with Crippen molar-refractivity contribution in [2.75, 3.05) is 0 Å². The van der Waals surface area contributed by atoms with Gasteiger partial charge in [-0.1, -0.05) is 43.1 Å². The van der Waals surface area contributed by atoms with Crippen molar-refractivity contribution in [3.05, 3.63) is 33.8 Å². The summed E-state index contributed by atoms with van der Waals surface area (Å²) in [5, 5.41) is 12.6. The Balaban J connectivity index is 3.18. The lowest BCUT2D eigenvalue weighted by Gasteiger charge is -2.28. The molecule has 1 amide bonds. The molecule has 2 atom stereocenters. The van der Waals surface area contributed by atoms with E-state index in [1.54, 1.807) is 13.0 Å². The number of hydrogen-bond acceptors (Lipinski definition) is 2. The maximum Gasteiger partial charge on any atom is 0.333 e. The summed E-state index contributed by atoms with van der Waals surface area (Å²) in [6.07, 6.45) is 0.628. The summed E-state index contributed by atoms with van der Waals surface area (Å²) in [6.45, 7) is 5.03. The highest BCUT2D eigenvalue weighted by Gasteiger charge is 2.38. The molecule has 4 nitrogen and oxygen atoms in total. The quantitative estimate of drug-likeness (QED) is 0.874. The van der Waals surface area contributed by atoms with Crippen LogP contribution in [0.5, 0.6) is 0 Å². The maximum absolute atomic E-state index is 12.0. The SMILES string of the molecule is CCC(C)C(=O)NC(C)(C(=O)O)c1ccc(Cl)c(Cl)c1. The number of carbonyl (C=O) groups is 2. The average molecular weight is 318 g/mol. The number of amides is 1. The van der Waals surface area contributed by atoms with E-state index < -0.39 is 11.5 Å². The molecule has 0 fully saturated rings. The predicted octanol–water partition coefficient (Wildman–Crippen LogP) is 3.46. The molecule has 1 rings (SSSR count). The van der Waals surface area contributed by atoms with Crippen LogP contribution in [0.4, 0.5) is 0 Å². The summed E-state index contributed by atoms with van der Waals surface area (Å²) >= 11 is 11.7. The van der Waals surface area contributed by atoms with Gasteiger partial charge in [-0.25, -0.2) is 4.79 Å². The Hall–Kier alpha value is -1.26. The number of hydrogen-bond donors (Lipinski definition) is 2. The fraction of sp³-hybridized carbons (Fsp3) is 0.429. The molecular formula is C14H17Cl2NO3. The molecule has 0 saturated heterocycles. The summed E-state index contributed by atoms with van der Waals surface area (Å²) < 4.78 is 0. The first-order chi connectivity index (χ1) is 9.22. The summed E-state index contributed by atoms with van der Waals surface area (Å²) in [4.78, 5) is 23.6. The van der Waals surface area contributed by atoms with Crippen LogP contribution < -0.4 is 5.32 Å². The van der Waals surface area contributed by atoms with Crippen molar-refractivity contribution in [2.45, 2.75) is 32.7 Å². The average Bonchev–Trinajstić information content (AvgIpc) is 2.40. The van der Waals surface area contributed by atoms with Crippen LogP contribution in [0.2, 0.25) is 10.0 Å². The molecule has 0 aromatic heterocycles. The minimum Gasteiger partial charge on any atom is -0.479 e. The number of benzene rings is 1. The number of carboxylic acid groups (broad SMARTS) is 1. The second-order valence-electron chi connectivity index (χ2n) is 4.86. The van der Waals surface area contributed by atoms with Crippen LogP contribution >= 0.6 is 23.2 Å². The predicted molar refractivity (Wildman–Crippen MR) is 79.0 cm³/mol. The normalized spacial score (nSPS) is 15.2. The van der Waals surface area contributed by atoms with Crippen LogP contribution in [-0.2, 0) is 15.1 Å². The van der Waals surface area contributed by atoms with Gasteiger partial charge in [0, 0.05) is 5.92 Å². The lowest BCUT2D eigenvalue weighted by Crippen LogP contribution is -2.51. The molecule has 0 radical (unpaired) electrons. The molecule has 0 bridgehead atoms. The van der Waals surface area contributed by atoms with Crippen LogP contribution in [0.25, 0.3) is 0 Å². The van der Waals surface area contributed by atoms with Crippen molar-refractivity contribution in [1.82, 2.24) is 5.32 Å². The Bertz CT molecular complexity index is 533. The number of halogens is 2. The topological polar surface area (TPSA) is 66.4 Å². The molecule has 20 heavy (non-hydrogen) atoms. The Labute approximate surface area is 128 Å². The molecule has 2 N–H and O–H groups in total. The first kappa shape index (κ1) is 16.8. The van der Waals surface area contributed by atoms with Crippen LogP contribution in [-0.4, -0.2) is 17.0 Å². The lowest BCUT2D eigenvalue weighted by molar-refractivity contribution is -0.148. The molecule has 0 aliphatic heterocycles. The van der Waals surface area contributed by atoms with Gasteiger partial charge in [-0.05, 0) is 31.0 Å². The highest BCUT2D eigenvalue weighted by molar-refractivity contribution is 6.42. The van der Waals surface area contributed by atoms with Crippen molar-refractivity contribution in [2.24, 2.45) is 5.92 Å². The van der Waals surface area contributed by atoms with Gasteiger partial charge in [0.25, 0.3) is 0 Å². The van der Waals surface area contributed by atoms with E-state index in [4.69, 9.17) is 23.2 Å². The molecule has 0 spiro atoms. The van der Waals surface area contributed by atoms with E-state index >= 15 is 0 Å². The maximum atomic E-state index is 12.0. The van der Waals surface area contributed by atoms with Gasteiger partial charge in [0.2, 0.25) is 5.91 Å². The highest BCUT2D eigenvalue weighted by Crippen LogP contribution is 2.29. The second kappa shape index (κ2) is 6.46. The van der Waals surface area contributed by atoms with Gasteiger partial charge in [0.15, 0.2) is 5.54 Å². The minimum absolute atomic E-state index is 0.245. The van der Waals surface area contributed by atoms with E-state index in [9.17, 15) is 14.7 Å². The van der Waals surface area contributed by atoms with Gasteiger partial charge in [0.05, 0.1) is 10.0 Å². The zero-order chi connectivity index (χ0) is 15.5. The van der Waals surface area contributed by atoms with Crippen molar-refractivity contribution in [3.8, 4) is 0 Å². The van der Waals surface area contributed by atoms with Gasteiger partial charge in [-0.2, -0.15) is 0 Å². The Morgan fingerprint density at radius 2 is 1.95 bits per heavy atom. The Morgan fingerprint density at radius 3 is 2.40 bits per heavy atom. The standard InChI is InChI=1S/C14H17Cl2NO3/c1-4-8(2)12(18)17-14(3,13(19)20)9-5-6-10(15)11(16)7-9/h5-8H,4H2,1-3H3,(H,17,18)(H,19,20). The third-order valence-corrected chi connectivity index (χ3v) is 4.10. The minimum atomic E-state index is -1.55. The summed E-state index contributed by atoms with van der Waals surface area (Å²) in [5.41, 5.74) is -1.18. The Morgan fingerprint density at radius 1 is 1.35 bits per heavy atom. The van der Waals surface area contributed by atoms with Gasteiger partial charge in [0.1, 0.15) is 0 Å². The number of nitrogens with one attached hydrogen (secondary N) is 1. The fourth-order valence-corrected chi connectivity index (χ4v) is 1.91. The summed E-state index contributed by atoms with van der Waals surface area (Å²) in [5.74, 6) is -1.74. The van der Waals surface area contributed by atoms with E-state index in [2.05, 4.69) is 5.32 Å². The van der Waals surface area contributed by atoms with Gasteiger partial charge < -0.3 is 10.4 Å². The van der Waals surface area contributed by atoms with Crippen LogP contribution in [0, 0.1) is 5.92 Å². The molecule has 1 aromatic rings. The third kappa shape index (κ3) is 3.44. The molecule has 0 aliphatic carbocycles. The lowest BCUT2D eigenvalue weighted by atomic mass is 9.91. The Kier molecular flexibility index (Phi) is 5.42. The molecule has 110 valence electrons. The zero-order valence-corrected chi connectivity index (χ0v) is 13.0. The number of rotatable bonds is 5. The van der Waals surface area contributed by atoms with Crippen LogP contribution in [0.15, 0.2) is 18.2 Å². The monoisotopic (exact) mass is 317 g/mol. The van der Waals surface area contributed by atoms with Crippen molar-refractivity contribution >= 4 is 35.1 Å². The van der Waals surface area contributed by atoms with Crippen molar-refractivity contribution in [1.29, 1.82) is 0 Å². The van der Waals surface area contributed by atoms with Gasteiger partial charge >= 0.3 is 5.97 Å². The largest absolute Gasteiger partial charge is 0.479 e. The molecule has 0 saturated carbocycles. The third-order valence-electron chi connectivity index (χ3n) is 3.36. The molecule has 0 aliphatic rings. The van der Waals surface area contributed by atoms with E-state index in [-0.39, 0.29) is 16.8 Å².